The molecule has 1 amide bonds. The van der Waals surface area contributed by atoms with Gasteiger partial charge < -0.3 is 4.90 Å². The number of carbonyl (C=O) groups excluding carboxylic acids is 1. The Kier molecular flexibility index (Phi) is 6.25. The standard InChI is InChI=1S/C23H27N3OS/c1-6-18-9-7-8-10-20(18)26-22(27)21(28-23(26)24-16(2)3)15-17-11-13-19(14-12-17)25(4)5/h7-16H,6H2,1-5H3/b21-15-,24-23-. The van der Waals surface area contributed by atoms with Gasteiger partial charge in [0.05, 0.1) is 10.6 Å². The number of anilines is 2. The highest BCUT2D eigenvalue weighted by molar-refractivity contribution is 8.19. The Balaban J connectivity index is 2.00. The molecule has 0 N–H and O–H groups in total. The Hall–Kier alpha value is -2.53. The van der Waals surface area contributed by atoms with Crippen LogP contribution in [0.2, 0.25) is 0 Å². The maximum atomic E-state index is 13.3. The van der Waals surface area contributed by atoms with Crippen LogP contribution in [0.4, 0.5) is 11.4 Å². The lowest BCUT2D eigenvalue weighted by atomic mass is 10.1. The molecule has 146 valence electrons. The van der Waals surface area contributed by atoms with Gasteiger partial charge in [-0.25, -0.2) is 0 Å². The number of aliphatic imine (C=N–C) groups is 1. The smallest absolute Gasteiger partial charge is 0.271 e. The summed E-state index contributed by atoms with van der Waals surface area (Å²) >= 11 is 1.45. The first kappa shape index (κ1) is 20.2. The van der Waals surface area contributed by atoms with E-state index in [-0.39, 0.29) is 11.9 Å². The minimum atomic E-state index is -0.0120. The number of amides is 1. The molecule has 0 aromatic heterocycles. The van der Waals surface area contributed by atoms with E-state index in [0.717, 1.165) is 34.1 Å². The SMILES string of the molecule is CCc1ccccc1N1C(=O)/C(=C/c2ccc(N(C)C)cc2)S/C1=N\C(C)C. The predicted molar refractivity (Wildman–Crippen MR) is 122 cm³/mol. The summed E-state index contributed by atoms with van der Waals surface area (Å²) in [5.41, 5.74) is 4.21. The topological polar surface area (TPSA) is 35.9 Å². The number of hydrogen-bond donors (Lipinski definition) is 0. The van der Waals surface area contributed by atoms with Crippen molar-refractivity contribution in [3.05, 3.63) is 64.6 Å². The fourth-order valence-electron chi connectivity index (χ4n) is 3.04. The first-order valence-corrected chi connectivity index (χ1v) is 10.4. The van der Waals surface area contributed by atoms with Crippen LogP contribution in [-0.4, -0.2) is 31.2 Å². The molecule has 1 saturated heterocycles. The molecule has 1 heterocycles. The molecule has 0 saturated carbocycles. The summed E-state index contributed by atoms with van der Waals surface area (Å²) in [6.07, 6.45) is 2.82. The van der Waals surface area contributed by atoms with E-state index in [1.807, 2.05) is 64.4 Å². The summed E-state index contributed by atoms with van der Waals surface area (Å²) in [6, 6.07) is 16.4. The third kappa shape index (κ3) is 4.30. The molecule has 0 bridgehead atoms. The molecule has 1 fully saturated rings. The van der Waals surface area contributed by atoms with E-state index in [1.54, 1.807) is 4.90 Å². The van der Waals surface area contributed by atoms with E-state index >= 15 is 0 Å². The number of hydrogen-bond acceptors (Lipinski definition) is 4. The third-order valence-corrected chi connectivity index (χ3v) is 5.48. The van der Waals surface area contributed by atoms with Crippen LogP contribution in [0.25, 0.3) is 6.08 Å². The molecule has 28 heavy (non-hydrogen) atoms. The Bertz CT molecular complexity index is 914. The molecule has 0 aliphatic carbocycles. The summed E-state index contributed by atoms with van der Waals surface area (Å²) in [4.78, 5) is 22.5. The largest absolute Gasteiger partial charge is 0.378 e. The number of benzene rings is 2. The Morgan fingerprint density at radius 3 is 2.39 bits per heavy atom. The average molecular weight is 394 g/mol. The first-order valence-electron chi connectivity index (χ1n) is 9.57. The van der Waals surface area contributed by atoms with Gasteiger partial charge >= 0.3 is 0 Å². The van der Waals surface area contributed by atoms with E-state index in [4.69, 9.17) is 4.99 Å². The predicted octanol–water partition coefficient (Wildman–Crippen LogP) is 5.20. The Labute approximate surface area is 172 Å². The lowest BCUT2D eigenvalue weighted by Crippen LogP contribution is -2.30. The summed E-state index contributed by atoms with van der Waals surface area (Å²) < 4.78 is 0. The van der Waals surface area contributed by atoms with Gasteiger partial charge in [0.15, 0.2) is 5.17 Å². The lowest BCUT2D eigenvalue weighted by Gasteiger charge is -2.19. The minimum absolute atomic E-state index is 0.0120. The van der Waals surface area contributed by atoms with E-state index in [2.05, 4.69) is 30.0 Å². The van der Waals surface area contributed by atoms with Gasteiger partial charge in [0, 0.05) is 25.8 Å². The van der Waals surface area contributed by atoms with Gasteiger partial charge in [-0.2, -0.15) is 0 Å². The molecule has 0 spiro atoms. The van der Waals surface area contributed by atoms with Gasteiger partial charge in [-0.3, -0.25) is 14.7 Å². The highest BCUT2D eigenvalue weighted by Crippen LogP contribution is 2.38. The number of thioether (sulfide) groups is 1. The van der Waals surface area contributed by atoms with Crippen LogP contribution >= 0.6 is 11.8 Å². The number of para-hydroxylation sites is 1. The van der Waals surface area contributed by atoms with Gasteiger partial charge in [0.2, 0.25) is 0 Å². The molecule has 1 aliphatic heterocycles. The molecule has 0 radical (unpaired) electrons. The van der Waals surface area contributed by atoms with Gasteiger partial charge in [0.25, 0.3) is 5.91 Å². The molecule has 4 nitrogen and oxygen atoms in total. The van der Waals surface area contributed by atoms with Crippen molar-refractivity contribution in [2.75, 3.05) is 23.9 Å². The Morgan fingerprint density at radius 2 is 1.79 bits per heavy atom. The van der Waals surface area contributed by atoms with E-state index in [1.165, 1.54) is 11.8 Å². The van der Waals surface area contributed by atoms with Crippen molar-refractivity contribution in [2.45, 2.75) is 33.2 Å². The first-order chi connectivity index (χ1) is 13.4. The number of amidine groups is 1. The quantitative estimate of drug-likeness (QED) is 0.655. The summed E-state index contributed by atoms with van der Waals surface area (Å²) in [6.45, 7) is 6.17. The zero-order chi connectivity index (χ0) is 20.3. The van der Waals surface area contributed by atoms with Crippen LogP contribution in [-0.2, 0) is 11.2 Å². The van der Waals surface area contributed by atoms with Crippen molar-refractivity contribution in [1.82, 2.24) is 0 Å². The molecule has 5 heteroatoms. The van der Waals surface area contributed by atoms with Crippen molar-refractivity contribution < 1.29 is 4.79 Å². The molecular formula is C23H27N3OS. The zero-order valence-corrected chi connectivity index (χ0v) is 18.0. The van der Waals surface area contributed by atoms with Crippen molar-refractivity contribution in [1.29, 1.82) is 0 Å². The van der Waals surface area contributed by atoms with Crippen molar-refractivity contribution >= 4 is 40.3 Å². The second kappa shape index (κ2) is 8.65. The molecule has 3 rings (SSSR count). The highest BCUT2D eigenvalue weighted by atomic mass is 32.2. The second-order valence-electron chi connectivity index (χ2n) is 7.22. The van der Waals surface area contributed by atoms with E-state index in [0.29, 0.717) is 4.91 Å². The van der Waals surface area contributed by atoms with E-state index < -0.39 is 0 Å². The van der Waals surface area contributed by atoms with Crippen LogP contribution in [0.15, 0.2) is 58.4 Å². The van der Waals surface area contributed by atoms with Crippen molar-refractivity contribution in [3.63, 3.8) is 0 Å². The summed E-state index contributed by atoms with van der Waals surface area (Å²) in [5, 5.41) is 0.747. The fraction of sp³-hybridized carbons (Fsp3) is 0.304. The van der Waals surface area contributed by atoms with Crippen molar-refractivity contribution in [2.24, 2.45) is 4.99 Å². The molecule has 0 unspecified atom stereocenters. The molecule has 2 aromatic rings. The maximum Gasteiger partial charge on any atom is 0.271 e. The number of aryl methyl sites for hydroxylation is 1. The fourth-order valence-corrected chi connectivity index (χ4v) is 4.15. The monoisotopic (exact) mass is 393 g/mol. The minimum Gasteiger partial charge on any atom is -0.378 e. The van der Waals surface area contributed by atoms with Gasteiger partial charge in [-0.05, 0) is 67.4 Å². The third-order valence-electron chi connectivity index (χ3n) is 4.50. The molecule has 0 atom stereocenters. The number of rotatable bonds is 5. The zero-order valence-electron chi connectivity index (χ0n) is 17.1. The van der Waals surface area contributed by atoms with Gasteiger partial charge in [-0.15, -0.1) is 0 Å². The highest BCUT2D eigenvalue weighted by Gasteiger charge is 2.35. The van der Waals surface area contributed by atoms with Crippen molar-refractivity contribution in [3.8, 4) is 0 Å². The number of carbonyl (C=O) groups is 1. The molecular weight excluding hydrogens is 366 g/mol. The Morgan fingerprint density at radius 1 is 1.11 bits per heavy atom. The van der Waals surface area contributed by atoms with Crippen LogP contribution in [0.5, 0.6) is 0 Å². The van der Waals surface area contributed by atoms with Gasteiger partial charge in [-0.1, -0.05) is 37.3 Å². The van der Waals surface area contributed by atoms with Crippen LogP contribution < -0.4 is 9.80 Å². The normalized spacial score (nSPS) is 17.2. The lowest BCUT2D eigenvalue weighted by molar-refractivity contribution is -0.113. The number of nitrogens with zero attached hydrogens (tertiary/aromatic N) is 3. The van der Waals surface area contributed by atoms with Crippen LogP contribution in [0, 0.1) is 0 Å². The average Bonchev–Trinajstić information content (AvgIpc) is 2.96. The summed E-state index contributed by atoms with van der Waals surface area (Å²) in [7, 11) is 4.03. The second-order valence-corrected chi connectivity index (χ2v) is 8.23. The van der Waals surface area contributed by atoms with E-state index in [9.17, 15) is 4.79 Å². The van der Waals surface area contributed by atoms with Gasteiger partial charge in [0.1, 0.15) is 0 Å². The van der Waals surface area contributed by atoms with Crippen LogP contribution in [0.3, 0.4) is 0 Å². The maximum absolute atomic E-state index is 13.3. The summed E-state index contributed by atoms with van der Waals surface area (Å²) in [5.74, 6) is -0.0120. The molecule has 1 aliphatic rings. The molecule has 2 aromatic carbocycles. The van der Waals surface area contributed by atoms with Crippen LogP contribution in [0.1, 0.15) is 31.9 Å².